The molecule has 0 aromatic carbocycles. The highest BCUT2D eigenvalue weighted by Gasteiger charge is 2.12. The monoisotopic (exact) mass is 240 g/mol. The van der Waals surface area contributed by atoms with Crippen molar-refractivity contribution in [3.05, 3.63) is 23.4 Å². The molecule has 1 aromatic heterocycles. The van der Waals surface area contributed by atoms with E-state index in [0.29, 0.717) is 11.6 Å². The average molecular weight is 241 g/mol. The Labute approximate surface area is 101 Å². The number of nitrogens with two attached hydrogens (primary N) is 1. The van der Waals surface area contributed by atoms with Gasteiger partial charge in [0.2, 0.25) is 0 Å². The minimum absolute atomic E-state index is 0.0254. The lowest BCUT2D eigenvalue weighted by molar-refractivity contribution is 0.690. The minimum Gasteiger partial charge on any atom is -0.387 e. The summed E-state index contributed by atoms with van der Waals surface area (Å²) in [6, 6.07) is 3.68. The van der Waals surface area contributed by atoms with Crippen LogP contribution in [0.5, 0.6) is 0 Å². The number of aromatic nitrogens is 1. The van der Waals surface area contributed by atoms with Crippen LogP contribution < -0.4 is 10.6 Å². The molecule has 3 N–H and O–H groups in total. The molecule has 5 heteroatoms. The maximum Gasteiger partial charge on any atom is 0.128 e. The number of pyridine rings is 1. The van der Waals surface area contributed by atoms with E-state index in [2.05, 4.69) is 9.88 Å². The summed E-state index contributed by atoms with van der Waals surface area (Å²) < 4.78 is 0. The highest BCUT2D eigenvalue weighted by Crippen LogP contribution is 2.15. The van der Waals surface area contributed by atoms with Crippen LogP contribution in [0.15, 0.2) is 18.3 Å². The van der Waals surface area contributed by atoms with E-state index in [1.54, 1.807) is 6.20 Å². The lowest BCUT2D eigenvalue weighted by atomic mass is 10.1. The number of hydrogen-bond donors (Lipinski definition) is 2. The van der Waals surface area contributed by atoms with E-state index in [4.69, 9.17) is 22.7 Å². The number of hydrogen-bond acceptors (Lipinski definition) is 3. The molecular formula is C11H17ClN4. The molecule has 4 nitrogen and oxygen atoms in total. The van der Waals surface area contributed by atoms with Crippen molar-refractivity contribution in [2.24, 2.45) is 11.7 Å². The van der Waals surface area contributed by atoms with Gasteiger partial charge >= 0.3 is 0 Å². The van der Waals surface area contributed by atoms with Crippen LogP contribution in [-0.4, -0.2) is 23.9 Å². The van der Waals surface area contributed by atoms with E-state index in [0.717, 1.165) is 12.4 Å². The maximum absolute atomic E-state index is 7.37. The zero-order valence-corrected chi connectivity index (χ0v) is 10.3. The van der Waals surface area contributed by atoms with Crippen molar-refractivity contribution in [3.8, 4) is 0 Å². The first-order valence-corrected chi connectivity index (χ1v) is 5.62. The molecule has 0 amide bonds. The largest absolute Gasteiger partial charge is 0.387 e. The first-order chi connectivity index (χ1) is 7.54. The molecule has 1 atom stereocenters. The topological polar surface area (TPSA) is 66.0 Å². The standard InChI is InChI=1S/C11H17ClN4/c1-3-16(7-8(2)11(13)14)10-5-4-9(12)6-15-10/h4-6,8H,3,7H2,1-2H3,(H3,13,14). The fraction of sp³-hybridized carbons (Fsp3) is 0.455. The summed E-state index contributed by atoms with van der Waals surface area (Å²) in [4.78, 5) is 6.32. The Morgan fingerprint density at radius 2 is 2.31 bits per heavy atom. The second-order valence-electron chi connectivity index (χ2n) is 3.73. The highest BCUT2D eigenvalue weighted by atomic mass is 35.5. The number of halogens is 1. The average Bonchev–Trinajstić information content (AvgIpc) is 2.26. The lowest BCUT2D eigenvalue weighted by Crippen LogP contribution is -2.34. The predicted octanol–water partition coefficient (Wildman–Crippen LogP) is 2.13. The summed E-state index contributed by atoms with van der Waals surface area (Å²) in [5, 5.41) is 8.00. The van der Waals surface area contributed by atoms with Gasteiger partial charge in [0.05, 0.1) is 10.9 Å². The van der Waals surface area contributed by atoms with Crippen LogP contribution in [0.4, 0.5) is 5.82 Å². The fourth-order valence-electron chi connectivity index (χ4n) is 1.37. The van der Waals surface area contributed by atoms with Gasteiger partial charge in [-0.1, -0.05) is 18.5 Å². The summed E-state index contributed by atoms with van der Waals surface area (Å²) in [6.45, 7) is 5.50. The van der Waals surface area contributed by atoms with Crippen LogP contribution in [0.25, 0.3) is 0 Å². The number of anilines is 1. The smallest absolute Gasteiger partial charge is 0.128 e. The van der Waals surface area contributed by atoms with E-state index >= 15 is 0 Å². The number of nitrogens with zero attached hydrogens (tertiary/aromatic N) is 2. The normalized spacial score (nSPS) is 12.2. The van der Waals surface area contributed by atoms with Crippen LogP contribution in [0.3, 0.4) is 0 Å². The Morgan fingerprint density at radius 1 is 1.62 bits per heavy atom. The molecule has 0 spiro atoms. The predicted molar refractivity (Wildman–Crippen MR) is 68.2 cm³/mol. The van der Waals surface area contributed by atoms with Gasteiger partial charge in [-0.15, -0.1) is 0 Å². The number of amidine groups is 1. The summed E-state index contributed by atoms with van der Waals surface area (Å²) in [5.41, 5.74) is 5.46. The molecule has 0 aliphatic carbocycles. The SMILES string of the molecule is CCN(CC(C)C(=N)N)c1ccc(Cl)cn1. The number of nitrogens with one attached hydrogen (secondary N) is 1. The second kappa shape index (κ2) is 5.70. The van der Waals surface area contributed by atoms with Gasteiger partial charge in [-0.05, 0) is 19.1 Å². The summed E-state index contributed by atoms with van der Waals surface area (Å²) in [7, 11) is 0. The van der Waals surface area contributed by atoms with Gasteiger partial charge in [0, 0.05) is 25.2 Å². The zero-order chi connectivity index (χ0) is 12.1. The molecule has 0 aliphatic heterocycles. The second-order valence-corrected chi connectivity index (χ2v) is 4.17. The third-order valence-corrected chi connectivity index (χ3v) is 2.67. The van der Waals surface area contributed by atoms with Gasteiger partial charge in [0.25, 0.3) is 0 Å². The van der Waals surface area contributed by atoms with E-state index < -0.39 is 0 Å². The third-order valence-electron chi connectivity index (χ3n) is 2.44. The Kier molecular flexibility index (Phi) is 4.55. The molecule has 0 radical (unpaired) electrons. The summed E-state index contributed by atoms with van der Waals surface area (Å²) in [6.07, 6.45) is 1.62. The van der Waals surface area contributed by atoms with Gasteiger partial charge in [-0.25, -0.2) is 4.98 Å². The van der Waals surface area contributed by atoms with Crippen LogP contribution >= 0.6 is 11.6 Å². The molecule has 0 aliphatic rings. The quantitative estimate of drug-likeness (QED) is 0.612. The molecule has 0 saturated carbocycles. The molecule has 1 unspecified atom stereocenters. The Morgan fingerprint density at radius 3 is 2.75 bits per heavy atom. The van der Waals surface area contributed by atoms with Crippen LogP contribution in [0.2, 0.25) is 5.02 Å². The molecule has 1 heterocycles. The highest BCUT2D eigenvalue weighted by molar-refractivity contribution is 6.30. The van der Waals surface area contributed by atoms with Crippen molar-refractivity contribution in [2.45, 2.75) is 13.8 Å². The van der Waals surface area contributed by atoms with Gasteiger partial charge in [0.15, 0.2) is 0 Å². The summed E-state index contributed by atoms with van der Waals surface area (Å²) in [5.74, 6) is 1.09. The Bertz CT molecular complexity index is 350. The molecule has 0 saturated heterocycles. The molecule has 1 aromatic rings. The molecular weight excluding hydrogens is 224 g/mol. The fourth-order valence-corrected chi connectivity index (χ4v) is 1.48. The van der Waals surface area contributed by atoms with Gasteiger partial charge in [-0.2, -0.15) is 0 Å². The van der Waals surface area contributed by atoms with Gasteiger partial charge in [-0.3, -0.25) is 5.41 Å². The first-order valence-electron chi connectivity index (χ1n) is 5.25. The van der Waals surface area contributed by atoms with E-state index in [-0.39, 0.29) is 11.8 Å². The van der Waals surface area contributed by atoms with Crippen molar-refractivity contribution in [1.29, 1.82) is 5.41 Å². The number of rotatable bonds is 5. The minimum atomic E-state index is 0.0254. The van der Waals surface area contributed by atoms with Gasteiger partial charge in [0.1, 0.15) is 5.82 Å². The Hall–Kier alpha value is -1.29. The zero-order valence-electron chi connectivity index (χ0n) is 9.57. The van der Waals surface area contributed by atoms with Crippen molar-refractivity contribution >= 4 is 23.3 Å². The van der Waals surface area contributed by atoms with Gasteiger partial charge < -0.3 is 10.6 Å². The van der Waals surface area contributed by atoms with Crippen LogP contribution in [0, 0.1) is 11.3 Å². The van der Waals surface area contributed by atoms with Crippen molar-refractivity contribution in [3.63, 3.8) is 0 Å². The summed E-state index contributed by atoms with van der Waals surface area (Å²) >= 11 is 5.78. The molecule has 0 bridgehead atoms. The van der Waals surface area contributed by atoms with Crippen LogP contribution in [-0.2, 0) is 0 Å². The van der Waals surface area contributed by atoms with E-state index in [9.17, 15) is 0 Å². The molecule has 0 fully saturated rings. The van der Waals surface area contributed by atoms with Crippen molar-refractivity contribution in [2.75, 3.05) is 18.0 Å². The van der Waals surface area contributed by atoms with Crippen LogP contribution in [0.1, 0.15) is 13.8 Å². The molecule has 16 heavy (non-hydrogen) atoms. The first kappa shape index (κ1) is 12.8. The van der Waals surface area contributed by atoms with Crippen molar-refractivity contribution < 1.29 is 0 Å². The maximum atomic E-state index is 7.37. The van der Waals surface area contributed by atoms with E-state index in [1.807, 2.05) is 26.0 Å². The van der Waals surface area contributed by atoms with Crippen molar-refractivity contribution in [1.82, 2.24) is 4.98 Å². The molecule has 1 rings (SSSR count). The molecule has 88 valence electrons. The third kappa shape index (κ3) is 3.38. The lowest BCUT2D eigenvalue weighted by Gasteiger charge is -2.24. The van der Waals surface area contributed by atoms with E-state index in [1.165, 1.54) is 0 Å². The Balaban J connectivity index is 2.74.